The van der Waals surface area contributed by atoms with E-state index in [4.69, 9.17) is 11.6 Å². The molecule has 0 bridgehead atoms. The van der Waals surface area contributed by atoms with Crippen LogP contribution in [0.5, 0.6) is 0 Å². The lowest BCUT2D eigenvalue weighted by atomic mass is 10.1. The third-order valence-electron chi connectivity index (χ3n) is 5.54. The quantitative estimate of drug-likeness (QED) is 0.801. The normalized spacial score (nSPS) is 19.0. The van der Waals surface area contributed by atoms with Crippen molar-refractivity contribution in [1.29, 1.82) is 0 Å². The van der Waals surface area contributed by atoms with Crippen LogP contribution < -0.4 is 15.1 Å². The van der Waals surface area contributed by atoms with Crippen molar-refractivity contribution in [1.82, 2.24) is 0 Å². The number of rotatable bonds is 4. The number of hydrogen-bond donors (Lipinski definition) is 1. The molecule has 1 N–H and O–H groups in total. The van der Waals surface area contributed by atoms with Crippen LogP contribution in [-0.4, -0.2) is 30.8 Å². The van der Waals surface area contributed by atoms with Crippen molar-refractivity contribution >= 4 is 46.4 Å². The number of nitrogens with one attached hydrogen (secondary N) is 1. The molecule has 2 aliphatic rings. The van der Waals surface area contributed by atoms with Crippen molar-refractivity contribution < 1.29 is 18.8 Å². The number of carbonyl (C=O) groups is 3. The highest BCUT2D eigenvalue weighted by Crippen LogP contribution is 2.32. The molecule has 1 unspecified atom stereocenters. The van der Waals surface area contributed by atoms with Crippen LogP contribution in [0.3, 0.4) is 0 Å². The molecule has 0 radical (unpaired) electrons. The third-order valence-corrected chi connectivity index (χ3v) is 5.85. The lowest BCUT2D eigenvalue weighted by Crippen LogP contribution is -2.28. The standard InChI is InChI=1S/C22H21ClFN3O3/c1-13-4-6-16(11-18(13)24)27-12-14(9-21(27)29)22(30)25-15-5-7-19(17(23)10-15)26-8-2-3-20(26)28/h4-7,10-11,14H,2-3,8-9,12H2,1H3,(H,25,30). The minimum absolute atomic E-state index is 0.0331. The summed E-state index contributed by atoms with van der Waals surface area (Å²) in [7, 11) is 0. The van der Waals surface area contributed by atoms with Crippen LogP contribution in [-0.2, 0) is 14.4 Å². The second-order valence-corrected chi connectivity index (χ2v) is 8.05. The SMILES string of the molecule is Cc1ccc(N2CC(C(=O)Nc3ccc(N4CCCC4=O)c(Cl)c3)CC2=O)cc1F. The fraction of sp³-hybridized carbons (Fsp3) is 0.318. The third kappa shape index (κ3) is 3.89. The molecule has 0 aliphatic carbocycles. The summed E-state index contributed by atoms with van der Waals surface area (Å²) in [6.45, 7) is 2.46. The second-order valence-electron chi connectivity index (χ2n) is 7.64. The van der Waals surface area contributed by atoms with Gasteiger partial charge in [-0.15, -0.1) is 0 Å². The van der Waals surface area contributed by atoms with Crippen molar-refractivity contribution in [2.75, 3.05) is 28.2 Å². The molecule has 3 amide bonds. The van der Waals surface area contributed by atoms with Gasteiger partial charge in [0, 0.05) is 37.3 Å². The molecule has 2 aliphatic heterocycles. The second kappa shape index (κ2) is 8.07. The number of amides is 3. The van der Waals surface area contributed by atoms with Gasteiger partial charge in [-0.05, 0) is 49.2 Å². The van der Waals surface area contributed by atoms with Gasteiger partial charge in [-0.1, -0.05) is 17.7 Å². The number of nitrogens with zero attached hydrogens (tertiary/aromatic N) is 2. The van der Waals surface area contributed by atoms with Gasteiger partial charge in [0.25, 0.3) is 0 Å². The number of anilines is 3. The monoisotopic (exact) mass is 429 g/mol. The highest BCUT2D eigenvalue weighted by molar-refractivity contribution is 6.34. The summed E-state index contributed by atoms with van der Waals surface area (Å²) in [5.41, 5.74) is 2.06. The summed E-state index contributed by atoms with van der Waals surface area (Å²) >= 11 is 6.33. The zero-order valence-corrected chi connectivity index (χ0v) is 17.2. The van der Waals surface area contributed by atoms with Crippen LogP contribution in [0.1, 0.15) is 24.8 Å². The lowest BCUT2D eigenvalue weighted by molar-refractivity contribution is -0.122. The number of halogens is 2. The topological polar surface area (TPSA) is 69.7 Å². The molecule has 1 atom stereocenters. The van der Waals surface area contributed by atoms with E-state index in [1.807, 2.05) is 0 Å². The summed E-state index contributed by atoms with van der Waals surface area (Å²) in [5, 5.41) is 3.16. The van der Waals surface area contributed by atoms with Gasteiger partial charge >= 0.3 is 0 Å². The molecule has 2 saturated heterocycles. The van der Waals surface area contributed by atoms with Crippen molar-refractivity contribution in [2.45, 2.75) is 26.2 Å². The van der Waals surface area contributed by atoms with Gasteiger partial charge in [-0.3, -0.25) is 14.4 Å². The first-order chi connectivity index (χ1) is 14.3. The highest BCUT2D eigenvalue weighted by Gasteiger charge is 2.35. The predicted octanol–water partition coefficient (Wildman–Crippen LogP) is 3.91. The highest BCUT2D eigenvalue weighted by atomic mass is 35.5. The van der Waals surface area contributed by atoms with Gasteiger partial charge in [0.2, 0.25) is 17.7 Å². The first-order valence-corrected chi connectivity index (χ1v) is 10.2. The summed E-state index contributed by atoms with van der Waals surface area (Å²) in [4.78, 5) is 40.1. The van der Waals surface area contributed by atoms with Crippen molar-refractivity contribution in [3.63, 3.8) is 0 Å². The van der Waals surface area contributed by atoms with Crippen molar-refractivity contribution in [3.05, 3.63) is 52.8 Å². The molecule has 6 nitrogen and oxygen atoms in total. The maximum Gasteiger partial charge on any atom is 0.229 e. The van der Waals surface area contributed by atoms with Crippen LogP contribution in [0, 0.1) is 18.7 Å². The smallest absolute Gasteiger partial charge is 0.229 e. The Morgan fingerprint density at radius 2 is 1.93 bits per heavy atom. The van der Waals surface area contributed by atoms with Gasteiger partial charge in [-0.2, -0.15) is 0 Å². The van der Waals surface area contributed by atoms with E-state index in [0.29, 0.717) is 40.6 Å². The van der Waals surface area contributed by atoms with Gasteiger partial charge in [-0.25, -0.2) is 4.39 Å². The van der Waals surface area contributed by atoms with E-state index >= 15 is 0 Å². The first kappa shape index (κ1) is 20.3. The average molecular weight is 430 g/mol. The van der Waals surface area contributed by atoms with Crippen LogP contribution in [0.15, 0.2) is 36.4 Å². The van der Waals surface area contributed by atoms with Crippen molar-refractivity contribution in [3.8, 4) is 0 Å². The van der Waals surface area contributed by atoms with Gasteiger partial charge in [0.05, 0.1) is 16.6 Å². The summed E-state index contributed by atoms with van der Waals surface area (Å²) in [6, 6.07) is 9.60. The summed E-state index contributed by atoms with van der Waals surface area (Å²) in [5.74, 6) is -1.44. The first-order valence-electron chi connectivity index (χ1n) is 9.81. The molecule has 4 rings (SSSR count). The number of hydrogen-bond acceptors (Lipinski definition) is 3. The Kier molecular flexibility index (Phi) is 5.47. The molecule has 0 aromatic heterocycles. The maximum absolute atomic E-state index is 13.9. The van der Waals surface area contributed by atoms with E-state index in [1.165, 1.54) is 11.0 Å². The van der Waals surface area contributed by atoms with E-state index in [0.717, 1.165) is 6.42 Å². The largest absolute Gasteiger partial charge is 0.326 e. The van der Waals surface area contributed by atoms with E-state index < -0.39 is 5.92 Å². The fourth-order valence-corrected chi connectivity index (χ4v) is 4.12. The Hall–Kier alpha value is -2.93. The van der Waals surface area contributed by atoms with E-state index in [2.05, 4.69) is 5.32 Å². The Labute approximate surface area is 178 Å². The summed E-state index contributed by atoms with van der Waals surface area (Å²) < 4.78 is 13.9. The zero-order valence-electron chi connectivity index (χ0n) is 16.5. The Morgan fingerprint density at radius 3 is 2.60 bits per heavy atom. The Bertz CT molecular complexity index is 1040. The molecule has 2 heterocycles. The van der Waals surface area contributed by atoms with Crippen LogP contribution in [0.25, 0.3) is 0 Å². The molecule has 2 aromatic rings. The minimum Gasteiger partial charge on any atom is -0.326 e. The van der Waals surface area contributed by atoms with Crippen LogP contribution in [0.2, 0.25) is 5.02 Å². The van der Waals surface area contributed by atoms with Gasteiger partial charge in [0.15, 0.2) is 0 Å². The van der Waals surface area contributed by atoms with Crippen LogP contribution in [0.4, 0.5) is 21.5 Å². The molecule has 30 heavy (non-hydrogen) atoms. The molecule has 8 heteroatoms. The molecule has 0 spiro atoms. The lowest BCUT2D eigenvalue weighted by Gasteiger charge is -2.19. The molecular formula is C22H21ClFN3O3. The molecule has 156 valence electrons. The van der Waals surface area contributed by atoms with E-state index in [-0.39, 0.29) is 36.5 Å². The Morgan fingerprint density at radius 1 is 1.13 bits per heavy atom. The van der Waals surface area contributed by atoms with Gasteiger partial charge < -0.3 is 15.1 Å². The molecule has 0 saturated carbocycles. The number of aryl methyl sites for hydroxylation is 1. The number of benzene rings is 2. The van der Waals surface area contributed by atoms with Gasteiger partial charge in [0.1, 0.15) is 5.82 Å². The van der Waals surface area contributed by atoms with E-state index in [1.54, 1.807) is 42.2 Å². The maximum atomic E-state index is 13.9. The summed E-state index contributed by atoms with van der Waals surface area (Å²) in [6.07, 6.45) is 1.35. The van der Waals surface area contributed by atoms with Crippen molar-refractivity contribution in [2.24, 2.45) is 5.92 Å². The molecule has 2 aromatic carbocycles. The minimum atomic E-state index is -0.555. The Balaban J connectivity index is 1.44. The predicted molar refractivity (Wildman–Crippen MR) is 113 cm³/mol. The number of carbonyl (C=O) groups excluding carboxylic acids is 3. The van der Waals surface area contributed by atoms with Crippen LogP contribution >= 0.6 is 11.6 Å². The molecular weight excluding hydrogens is 409 g/mol. The zero-order chi connectivity index (χ0) is 21.4. The molecule has 2 fully saturated rings. The fourth-order valence-electron chi connectivity index (χ4n) is 3.83. The van der Waals surface area contributed by atoms with E-state index in [9.17, 15) is 18.8 Å². The average Bonchev–Trinajstić information content (AvgIpc) is 3.30.